The molecule has 0 aliphatic carbocycles. The number of thioether (sulfide) groups is 1. The van der Waals surface area contributed by atoms with E-state index in [2.05, 4.69) is 14.8 Å². The summed E-state index contributed by atoms with van der Waals surface area (Å²) in [6, 6.07) is 6.80. The molecule has 32 heavy (non-hydrogen) atoms. The third kappa shape index (κ3) is 7.64. The fourth-order valence-corrected chi connectivity index (χ4v) is 4.27. The Morgan fingerprint density at radius 3 is 2.34 bits per heavy atom. The summed E-state index contributed by atoms with van der Waals surface area (Å²) < 4.78 is 94.8. The molecule has 2 rings (SSSR count). The van der Waals surface area contributed by atoms with Gasteiger partial charge >= 0.3 is 12.8 Å². The van der Waals surface area contributed by atoms with Gasteiger partial charge in [-0.15, -0.1) is 0 Å². The maximum absolute atomic E-state index is 12.9. The van der Waals surface area contributed by atoms with E-state index >= 15 is 0 Å². The highest BCUT2D eigenvalue weighted by Crippen LogP contribution is 2.30. The molecule has 2 aromatic carbocycles. The van der Waals surface area contributed by atoms with Crippen LogP contribution >= 0.6 is 11.8 Å². The quantitative estimate of drug-likeness (QED) is 0.476. The Labute approximate surface area is 185 Å². The van der Waals surface area contributed by atoms with Crippen molar-refractivity contribution in [2.75, 3.05) is 17.3 Å². The molecule has 1 atom stereocenters. The molecule has 0 aliphatic heterocycles. The van der Waals surface area contributed by atoms with Crippen LogP contribution in [-0.4, -0.2) is 39.0 Å². The van der Waals surface area contributed by atoms with Crippen LogP contribution < -0.4 is 14.8 Å². The molecule has 0 heterocycles. The van der Waals surface area contributed by atoms with Crippen LogP contribution in [0.1, 0.15) is 12.0 Å². The highest BCUT2D eigenvalue weighted by Gasteiger charge is 2.32. The fourth-order valence-electron chi connectivity index (χ4n) is 2.52. The zero-order valence-electron chi connectivity index (χ0n) is 16.5. The van der Waals surface area contributed by atoms with E-state index in [9.17, 15) is 35.2 Å². The van der Waals surface area contributed by atoms with Crippen LogP contribution in [0.2, 0.25) is 0 Å². The Morgan fingerprint density at radius 2 is 1.78 bits per heavy atom. The number of sulfonamides is 1. The lowest BCUT2D eigenvalue weighted by molar-refractivity contribution is -0.137. The van der Waals surface area contributed by atoms with Gasteiger partial charge in [0.05, 0.1) is 10.5 Å². The number of carbonyl (C=O) groups excluding carboxylic acids is 1. The normalized spacial score (nSPS) is 13.1. The van der Waals surface area contributed by atoms with Gasteiger partial charge in [-0.25, -0.2) is 8.42 Å². The number of carbonyl (C=O) groups is 1. The van der Waals surface area contributed by atoms with Crippen molar-refractivity contribution < 1.29 is 39.9 Å². The summed E-state index contributed by atoms with van der Waals surface area (Å²) in [7, 11) is -4.45. The standard InChI is InChI=1S/C19H19F5N2O4S2/c1-31-10-9-16(17(27)25-13-5-7-14(8-6-13)30-18(20)21)26-32(28,29)15-4-2-3-12(11-15)19(22,23)24/h2-8,11,16,18,26H,9-10H2,1H3,(H,25,27). The zero-order valence-corrected chi connectivity index (χ0v) is 18.2. The number of anilines is 1. The van der Waals surface area contributed by atoms with Crippen LogP contribution in [0.25, 0.3) is 0 Å². The average Bonchev–Trinajstić information content (AvgIpc) is 2.71. The topological polar surface area (TPSA) is 84.5 Å². The van der Waals surface area contributed by atoms with Gasteiger partial charge in [-0.3, -0.25) is 4.79 Å². The van der Waals surface area contributed by atoms with Crippen molar-refractivity contribution in [3.63, 3.8) is 0 Å². The third-order valence-electron chi connectivity index (χ3n) is 4.04. The summed E-state index contributed by atoms with van der Waals surface area (Å²) in [5, 5.41) is 2.44. The summed E-state index contributed by atoms with van der Waals surface area (Å²) in [6.07, 6.45) is -2.95. The molecule has 6 nitrogen and oxygen atoms in total. The number of halogens is 5. The largest absolute Gasteiger partial charge is 0.435 e. The van der Waals surface area contributed by atoms with Gasteiger partial charge in [0.25, 0.3) is 0 Å². The lowest BCUT2D eigenvalue weighted by Gasteiger charge is -2.19. The van der Waals surface area contributed by atoms with E-state index in [4.69, 9.17) is 0 Å². The highest BCUT2D eigenvalue weighted by molar-refractivity contribution is 7.98. The van der Waals surface area contributed by atoms with E-state index < -0.39 is 45.2 Å². The molecule has 2 N–H and O–H groups in total. The second-order valence-corrected chi connectivity index (χ2v) is 9.07. The summed E-state index contributed by atoms with van der Waals surface area (Å²) in [5.74, 6) is -0.524. The number of hydrogen-bond donors (Lipinski definition) is 2. The van der Waals surface area contributed by atoms with Crippen molar-refractivity contribution in [1.82, 2.24) is 4.72 Å². The number of nitrogens with one attached hydrogen (secondary N) is 2. The van der Waals surface area contributed by atoms with E-state index in [1.165, 1.54) is 36.0 Å². The van der Waals surface area contributed by atoms with E-state index in [0.29, 0.717) is 11.8 Å². The van der Waals surface area contributed by atoms with Gasteiger partial charge in [0, 0.05) is 5.69 Å². The molecule has 1 amide bonds. The van der Waals surface area contributed by atoms with Gasteiger partial charge in [0.1, 0.15) is 11.8 Å². The molecular weight excluding hydrogens is 479 g/mol. The van der Waals surface area contributed by atoms with E-state index in [1.54, 1.807) is 6.26 Å². The first kappa shape index (κ1) is 25.9. The Hall–Kier alpha value is -2.38. The first-order valence-electron chi connectivity index (χ1n) is 8.96. The average molecular weight is 498 g/mol. The lowest BCUT2D eigenvalue weighted by Crippen LogP contribution is -2.44. The Balaban J connectivity index is 2.19. The van der Waals surface area contributed by atoms with Crippen molar-refractivity contribution in [2.24, 2.45) is 0 Å². The van der Waals surface area contributed by atoms with Crippen LogP contribution in [0.5, 0.6) is 5.75 Å². The molecule has 0 aromatic heterocycles. The summed E-state index contributed by atoms with van der Waals surface area (Å²) in [6.45, 7) is -3.02. The minimum absolute atomic E-state index is 0.0533. The van der Waals surface area contributed by atoms with Crippen molar-refractivity contribution >= 4 is 33.4 Å². The van der Waals surface area contributed by atoms with Crippen molar-refractivity contribution in [3.8, 4) is 5.75 Å². The Bertz CT molecular complexity index is 1020. The molecule has 0 saturated carbocycles. The molecule has 0 radical (unpaired) electrons. The molecular formula is C19H19F5N2O4S2. The fraction of sp³-hybridized carbons (Fsp3) is 0.316. The summed E-state index contributed by atoms with van der Waals surface area (Å²) in [4.78, 5) is 12.0. The summed E-state index contributed by atoms with van der Waals surface area (Å²) >= 11 is 1.34. The lowest BCUT2D eigenvalue weighted by atomic mass is 10.2. The number of benzene rings is 2. The SMILES string of the molecule is CSCCC(NS(=O)(=O)c1cccc(C(F)(F)F)c1)C(=O)Nc1ccc(OC(F)F)cc1. The Morgan fingerprint density at radius 1 is 1.12 bits per heavy atom. The molecule has 0 fully saturated rings. The van der Waals surface area contributed by atoms with Crippen LogP contribution in [0.4, 0.5) is 27.6 Å². The molecule has 0 saturated heterocycles. The van der Waals surface area contributed by atoms with Gasteiger partial charge in [0.2, 0.25) is 15.9 Å². The van der Waals surface area contributed by atoms with E-state index in [0.717, 1.165) is 18.2 Å². The smallest absolute Gasteiger partial charge is 0.416 e. The second kappa shape index (κ2) is 11.0. The molecule has 0 bridgehead atoms. The minimum atomic E-state index is -4.73. The molecule has 0 spiro atoms. The summed E-state index contributed by atoms with van der Waals surface area (Å²) in [5.41, 5.74) is -0.958. The highest BCUT2D eigenvalue weighted by atomic mass is 32.2. The van der Waals surface area contributed by atoms with Crippen molar-refractivity contribution in [2.45, 2.75) is 30.1 Å². The molecule has 176 valence electrons. The van der Waals surface area contributed by atoms with E-state index in [1.807, 2.05) is 0 Å². The number of alkyl halides is 5. The maximum Gasteiger partial charge on any atom is 0.416 e. The molecule has 2 aromatic rings. The maximum atomic E-state index is 12.9. The second-order valence-electron chi connectivity index (χ2n) is 6.37. The number of rotatable bonds is 10. The number of ether oxygens (including phenoxy) is 1. The first-order valence-corrected chi connectivity index (χ1v) is 11.8. The number of hydrogen-bond acceptors (Lipinski definition) is 5. The molecule has 13 heteroatoms. The van der Waals surface area contributed by atoms with Crippen molar-refractivity contribution in [3.05, 3.63) is 54.1 Å². The van der Waals surface area contributed by atoms with Crippen molar-refractivity contribution in [1.29, 1.82) is 0 Å². The van der Waals surface area contributed by atoms with Gasteiger partial charge in [0.15, 0.2) is 0 Å². The molecule has 1 unspecified atom stereocenters. The third-order valence-corrected chi connectivity index (χ3v) is 6.16. The Kier molecular flexibility index (Phi) is 8.87. The first-order chi connectivity index (χ1) is 14.9. The number of amides is 1. The van der Waals surface area contributed by atoms with Gasteiger partial charge in [-0.2, -0.15) is 38.4 Å². The van der Waals surface area contributed by atoms with Crippen LogP contribution in [-0.2, 0) is 21.0 Å². The van der Waals surface area contributed by atoms with E-state index in [-0.39, 0.29) is 17.9 Å². The molecule has 0 aliphatic rings. The van der Waals surface area contributed by atoms with Gasteiger partial charge in [-0.05, 0) is 60.9 Å². The van der Waals surface area contributed by atoms with Crippen LogP contribution in [0, 0.1) is 0 Å². The van der Waals surface area contributed by atoms with Crippen LogP contribution in [0.3, 0.4) is 0 Å². The predicted octanol–water partition coefficient (Wildman–Crippen LogP) is 4.35. The monoisotopic (exact) mass is 498 g/mol. The van der Waals surface area contributed by atoms with Gasteiger partial charge in [-0.1, -0.05) is 6.07 Å². The predicted molar refractivity (Wildman–Crippen MR) is 110 cm³/mol. The van der Waals surface area contributed by atoms with Gasteiger partial charge < -0.3 is 10.1 Å². The van der Waals surface area contributed by atoms with Crippen LogP contribution in [0.15, 0.2) is 53.4 Å². The zero-order chi connectivity index (χ0) is 23.9. The minimum Gasteiger partial charge on any atom is -0.435 e.